The summed E-state index contributed by atoms with van der Waals surface area (Å²) in [5.74, 6) is 1.56. The minimum Gasteiger partial charge on any atom is -0.362 e. The number of aliphatic hydroxyl groups is 1. The molecule has 0 fully saturated rings. The summed E-state index contributed by atoms with van der Waals surface area (Å²) in [7, 11) is 0. The number of pyridine rings is 1. The molecule has 0 saturated carbocycles. The second-order valence-corrected chi connectivity index (χ2v) is 8.01. The zero-order valence-electron chi connectivity index (χ0n) is 16.4. The van der Waals surface area contributed by atoms with Crippen LogP contribution in [0.15, 0.2) is 95.3 Å². The van der Waals surface area contributed by atoms with Crippen molar-refractivity contribution in [3.63, 3.8) is 0 Å². The summed E-state index contributed by atoms with van der Waals surface area (Å²) in [5.41, 5.74) is -0.826. The summed E-state index contributed by atoms with van der Waals surface area (Å²) in [6.45, 7) is 0. The number of nitrogens with zero attached hydrogens (tertiary/aromatic N) is 3. The summed E-state index contributed by atoms with van der Waals surface area (Å²) in [6, 6.07) is 22.0. The van der Waals surface area contributed by atoms with E-state index in [1.807, 2.05) is 76.9 Å². The van der Waals surface area contributed by atoms with Gasteiger partial charge in [-0.15, -0.1) is 11.3 Å². The third kappa shape index (κ3) is 3.44. The second-order valence-electron chi connectivity index (χ2n) is 7.03. The van der Waals surface area contributed by atoms with Crippen LogP contribution in [-0.4, -0.2) is 11.0 Å². The average Bonchev–Trinajstić information content (AvgIpc) is 3.35. The fourth-order valence-corrected chi connectivity index (χ4v) is 4.91. The molecule has 1 aromatic carbocycles. The summed E-state index contributed by atoms with van der Waals surface area (Å²) in [5, 5.41) is 44.4. The van der Waals surface area contributed by atoms with E-state index in [2.05, 4.69) is 17.3 Å². The van der Waals surface area contributed by atoms with Gasteiger partial charge in [0, 0.05) is 22.6 Å². The minimum atomic E-state index is -1.67. The van der Waals surface area contributed by atoms with Crippen molar-refractivity contribution in [3.8, 4) is 12.1 Å². The van der Waals surface area contributed by atoms with Gasteiger partial charge in [-0.2, -0.15) is 15.1 Å². The molecule has 0 bridgehead atoms. The van der Waals surface area contributed by atoms with Gasteiger partial charge in [0.05, 0.1) is 23.3 Å². The fraction of sp³-hybridized carbons (Fsp3) is 0.125. The molecule has 6 nitrogen and oxygen atoms in total. The minimum absolute atomic E-state index is 0.123. The molecule has 3 unspecified atom stereocenters. The molecule has 3 N–H and O–H groups in total. The van der Waals surface area contributed by atoms with Crippen LogP contribution in [0.3, 0.4) is 0 Å². The zero-order chi connectivity index (χ0) is 21.8. The predicted molar refractivity (Wildman–Crippen MR) is 116 cm³/mol. The third-order valence-corrected chi connectivity index (χ3v) is 6.33. The molecule has 0 amide bonds. The van der Waals surface area contributed by atoms with Crippen LogP contribution >= 0.6 is 11.3 Å². The zero-order valence-corrected chi connectivity index (χ0v) is 17.2. The highest BCUT2D eigenvalue weighted by molar-refractivity contribution is 7.10. The van der Waals surface area contributed by atoms with E-state index in [0.717, 1.165) is 4.88 Å². The van der Waals surface area contributed by atoms with Crippen LogP contribution in [0.2, 0.25) is 0 Å². The quantitative estimate of drug-likeness (QED) is 0.339. The van der Waals surface area contributed by atoms with Crippen LogP contribution in [0.4, 0.5) is 0 Å². The number of benzene rings is 1. The van der Waals surface area contributed by atoms with Crippen LogP contribution in [0.25, 0.3) is 0 Å². The Morgan fingerprint density at radius 2 is 1.77 bits per heavy atom. The monoisotopic (exact) mass is 424 g/mol. The molecular weight excluding hydrogens is 406 g/mol. The molecule has 0 saturated heterocycles. The first-order valence-corrected chi connectivity index (χ1v) is 10.4. The van der Waals surface area contributed by atoms with Gasteiger partial charge in [0.2, 0.25) is 11.8 Å². The molecule has 4 rings (SSSR count). The van der Waals surface area contributed by atoms with E-state index in [9.17, 15) is 15.6 Å². The molecule has 31 heavy (non-hydrogen) atoms. The van der Waals surface area contributed by atoms with E-state index in [4.69, 9.17) is 5.41 Å². The molecule has 0 spiro atoms. The predicted octanol–water partition coefficient (Wildman–Crippen LogP) is 3.29. The Morgan fingerprint density at radius 1 is 1.06 bits per heavy atom. The molecule has 1 aliphatic heterocycles. The lowest BCUT2D eigenvalue weighted by Crippen LogP contribution is -2.62. The maximum atomic E-state index is 12.2. The van der Waals surface area contributed by atoms with Crippen molar-refractivity contribution in [1.82, 2.24) is 5.32 Å². The van der Waals surface area contributed by atoms with Crippen LogP contribution < -0.4 is 9.88 Å². The van der Waals surface area contributed by atoms with Crippen molar-refractivity contribution < 1.29 is 9.67 Å². The number of nitrogens with one attached hydrogen (secondary N) is 2. The lowest BCUT2D eigenvalue weighted by Gasteiger charge is -2.42. The number of nitriles is 2. The molecular formula is C24H18N5OS+. The molecule has 3 aromatic rings. The Morgan fingerprint density at radius 3 is 2.35 bits per heavy atom. The first-order chi connectivity index (χ1) is 15.1. The van der Waals surface area contributed by atoms with Crippen LogP contribution in [0.5, 0.6) is 0 Å². The smallest absolute Gasteiger partial charge is 0.227 e. The highest BCUT2D eigenvalue weighted by Crippen LogP contribution is 2.48. The maximum absolute atomic E-state index is 12.2. The Labute approximate surface area is 183 Å². The number of allylic oxidation sites excluding steroid dienone is 2. The molecule has 2 aromatic heterocycles. The number of hydrogen-bond donors (Lipinski definition) is 3. The first-order valence-electron chi connectivity index (χ1n) is 9.53. The van der Waals surface area contributed by atoms with Crippen LogP contribution in [0.1, 0.15) is 22.4 Å². The molecule has 1 aliphatic rings. The van der Waals surface area contributed by atoms with Crippen molar-refractivity contribution in [3.05, 3.63) is 106 Å². The summed E-state index contributed by atoms with van der Waals surface area (Å²) in [4.78, 5) is 0.869. The van der Waals surface area contributed by atoms with Gasteiger partial charge >= 0.3 is 0 Å². The lowest BCUT2D eigenvalue weighted by molar-refractivity contribution is -0.743. The Hall–Kier alpha value is -4.00. The van der Waals surface area contributed by atoms with Gasteiger partial charge in [-0.1, -0.05) is 42.5 Å². The topological polar surface area (TPSA) is 108 Å². The van der Waals surface area contributed by atoms with Gasteiger partial charge in [0.15, 0.2) is 12.4 Å². The van der Waals surface area contributed by atoms with E-state index >= 15 is 0 Å². The second kappa shape index (κ2) is 8.39. The van der Waals surface area contributed by atoms with Crippen molar-refractivity contribution >= 4 is 17.2 Å². The Balaban J connectivity index is 2.09. The highest BCUT2D eigenvalue weighted by Gasteiger charge is 2.56. The molecule has 7 heteroatoms. The standard InChI is InChI=1S/C24H18N5OS/c25-14-17(15-26)22-19(16-27)21(20-10-7-13-31-20)23(29-11-5-2-6-12-29)24(30,28-22)18-8-3-1-4-9-18/h1-13,21,23,25,28,30H/q+1. The van der Waals surface area contributed by atoms with Gasteiger partial charge < -0.3 is 10.4 Å². The number of thiophene rings is 1. The normalized spacial score (nSPS) is 22.5. The van der Waals surface area contributed by atoms with Crippen molar-refractivity contribution in [2.24, 2.45) is 0 Å². The van der Waals surface area contributed by atoms with E-state index in [1.54, 1.807) is 12.1 Å². The van der Waals surface area contributed by atoms with E-state index in [1.165, 1.54) is 11.3 Å². The summed E-state index contributed by atoms with van der Waals surface area (Å²) < 4.78 is 1.87. The third-order valence-electron chi connectivity index (χ3n) is 5.37. The Bertz CT molecular complexity index is 1250. The average molecular weight is 425 g/mol. The van der Waals surface area contributed by atoms with Gasteiger partial charge in [0.1, 0.15) is 11.6 Å². The lowest BCUT2D eigenvalue weighted by atomic mass is 9.75. The van der Waals surface area contributed by atoms with E-state index in [-0.39, 0.29) is 16.8 Å². The molecule has 150 valence electrons. The summed E-state index contributed by atoms with van der Waals surface area (Å²) in [6.07, 6.45) is 3.69. The molecule has 3 heterocycles. The van der Waals surface area contributed by atoms with Crippen LogP contribution in [-0.2, 0) is 5.72 Å². The maximum Gasteiger partial charge on any atom is 0.227 e. The van der Waals surface area contributed by atoms with Crippen molar-refractivity contribution in [1.29, 1.82) is 15.9 Å². The molecule has 0 radical (unpaired) electrons. The van der Waals surface area contributed by atoms with Gasteiger partial charge in [-0.25, -0.2) is 0 Å². The SMILES string of the molecule is N#CC(=C=N)C1=C(C#N)C(c2cccs2)C([n+]2ccccc2)C(O)(c2ccccc2)N1. The van der Waals surface area contributed by atoms with E-state index in [0.29, 0.717) is 5.56 Å². The molecule has 0 aliphatic carbocycles. The van der Waals surface area contributed by atoms with Gasteiger partial charge in [0.25, 0.3) is 0 Å². The number of rotatable bonds is 4. The van der Waals surface area contributed by atoms with Gasteiger partial charge in [-0.3, -0.25) is 5.41 Å². The fourth-order valence-electron chi connectivity index (χ4n) is 4.04. The number of hydrogen-bond acceptors (Lipinski definition) is 6. The van der Waals surface area contributed by atoms with E-state index < -0.39 is 17.7 Å². The van der Waals surface area contributed by atoms with Crippen molar-refractivity contribution in [2.45, 2.75) is 17.7 Å². The summed E-state index contributed by atoms with van der Waals surface area (Å²) >= 11 is 1.47. The first kappa shape index (κ1) is 20.3. The largest absolute Gasteiger partial charge is 0.362 e. The van der Waals surface area contributed by atoms with Gasteiger partial charge in [-0.05, 0) is 17.3 Å². The van der Waals surface area contributed by atoms with Crippen molar-refractivity contribution in [2.75, 3.05) is 0 Å². The number of aromatic nitrogens is 1. The highest BCUT2D eigenvalue weighted by atomic mass is 32.1. The molecule has 3 atom stereocenters. The van der Waals surface area contributed by atoms with Crippen LogP contribution in [0, 0.1) is 28.1 Å². The Kier molecular flexibility index (Phi) is 5.49.